The van der Waals surface area contributed by atoms with Gasteiger partial charge in [0.15, 0.2) is 0 Å². The number of nitriles is 1. The van der Waals surface area contributed by atoms with E-state index in [0.717, 1.165) is 6.42 Å². The van der Waals surface area contributed by atoms with Crippen molar-refractivity contribution in [3.05, 3.63) is 31.9 Å². The molecule has 1 aromatic heterocycles. The molecular weight excluding hydrogens is 448 g/mol. The molecule has 1 atom stereocenters. The van der Waals surface area contributed by atoms with E-state index in [1.54, 1.807) is 31.5 Å². The van der Waals surface area contributed by atoms with Crippen LogP contribution in [0, 0.1) is 24.2 Å². The molecule has 1 unspecified atom stereocenters. The number of thiocarbonyl (C=S) groups is 1. The lowest BCUT2D eigenvalue weighted by molar-refractivity contribution is -0.148. The van der Waals surface area contributed by atoms with E-state index >= 15 is 0 Å². The fourth-order valence-corrected chi connectivity index (χ4v) is 5.24. The summed E-state index contributed by atoms with van der Waals surface area (Å²) in [7, 11) is 1.62. The smallest absolute Gasteiger partial charge is 0.310 e. The molecule has 3 rings (SSSR count). The number of piperidine rings is 1. The summed E-state index contributed by atoms with van der Waals surface area (Å²) in [5, 5.41) is 9.66. The largest absolute Gasteiger partial charge is 0.466 e. The van der Waals surface area contributed by atoms with Gasteiger partial charge in [0.2, 0.25) is 0 Å². The monoisotopic (exact) mass is 474 g/mol. The predicted molar refractivity (Wildman–Crippen MR) is 128 cm³/mol. The van der Waals surface area contributed by atoms with Gasteiger partial charge in [-0.3, -0.25) is 23.9 Å². The number of pyridine rings is 1. The fourth-order valence-electron chi connectivity index (χ4n) is 4.08. The van der Waals surface area contributed by atoms with Crippen LogP contribution in [0.25, 0.3) is 6.08 Å². The summed E-state index contributed by atoms with van der Waals surface area (Å²) in [5.41, 5.74) is 0.812. The topological polar surface area (TPSA) is 95.6 Å². The summed E-state index contributed by atoms with van der Waals surface area (Å²) >= 11 is 6.44. The van der Waals surface area contributed by atoms with Crippen molar-refractivity contribution in [2.24, 2.45) is 5.92 Å². The lowest BCUT2D eigenvalue weighted by Crippen LogP contribution is -2.43. The number of rotatable bonds is 5. The standard InChI is InChI=1S/C22H26N4O4S2/c1-5-26-18(25-9-7-8-14(12-25)21(29)30-6-2)15(13(3)16(11-23)19(26)27)10-17-20(28)24(4)22(31)32-17/h10,14H,5-9,12H2,1-4H3/b17-10-. The number of carbonyl (C=O) groups is 2. The maximum absolute atomic E-state index is 13.1. The Labute approximate surface area is 196 Å². The average Bonchev–Trinajstić information content (AvgIpc) is 3.02. The molecule has 2 aliphatic rings. The van der Waals surface area contributed by atoms with Crippen molar-refractivity contribution in [2.45, 2.75) is 40.2 Å². The van der Waals surface area contributed by atoms with Crippen LogP contribution in [0.5, 0.6) is 0 Å². The summed E-state index contributed by atoms with van der Waals surface area (Å²) in [6.45, 7) is 7.04. The van der Waals surface area contributed by atoms with E-state index in [2.05, 4.69) is 0 Å². The molecule has 0 N–H and O–H groups in total. The van der Waals surface area contributed by atoms with Crippen LogP contribution in [0.2, 0.25) is 0 Å². The van der Waals surface area contributed by atoms with Gasteiger partial charge in [0.1, 0.15) is 21.8 Å². The molecule has 0 radical (unpaired) electrons. The van der Waals surface area contributed by atoms with Crippen molar-refractivity contribution in [3.8, 4) is 6.07 Å². The third-order valence-electron chi connectivity index (χ3n) is 5.77. The van der Waals surface area contributed by atoms with Crippen LogP contribution in [0.15, 0.2) is 9.70 Å². The highest BCUT2D eigenvalue weighted by Gasteiger charge is 2.33. The minimum atomic E-state index is -0.374. The number of carbonyl (C=O) groups excluding carboxylic acids is 2. The number of anilines is 1. The maximum Gasteiger partial charge on any atom is 0.310 e. The zero-order valence-corrected chi connectivity index (χ0v) is 20.3. The van der Waals surface area contributed by atoms with E-state index < -0.39 is 0 Å². The van der Waals surface area contributed by atoms with Gasteiger partial charge >= 0.3 is 5.97 Å². The number of hydrogen-bond acceptors (Lipinski definition) is 8. The predicted octanol–water partition coefficient (Wildman–Crippen LogP) is 2.66. The first-order valence-corrected chi connectivity index (χ1v) is 11.8. The maximum atomic E-state index is 13.1. The van der Waals surface area contributed by atoms with Gasteiger partial charge in [-0.15, -0.1) is 0 Å². The third kappa shape index (κ3) is 4.32. The van der Waals surface area contributed by atoms with Gasteiger partial charge in [0, 0.05) is 32.2 Å². The van der Waals surface area contributed by atoms with Crippen molar-refractivity contribution in [1.29, 1.82) is 5.26 Å². The molecule has 3 heterocycles. The van der Waals surface area contributed by atoms with Gasteiger partial charge in [0.25, 0.3) is 11.5 Å². The molecule has 1 amide bonds. The van der Waals surface area contributed by atoms with E-state index in [1.807, 2.05) is 17.9 Å². The van der Waals surface area contributed by atoms with E-state index in [-0.39, 0.29) is 28.9 Å². The Hall–Kier alpha value is -2.64. The zero-order valence-electron chi connectivity index (χ0n) is 18.6. The van der Waals surface area contributed by atoms with Crippen LogP contribution < -0.4 is 10.5 Å². The second-order valence-electron chi connectivity index (χ2n) is 7.68. The summed E-state index contributed by atoms with van der Waals surface area (Å²) in [6, 6.07) is 2.02. The molecule has 170 valence electrons. The fraction of sp³-hybridized carbons (Fsp3) is 0.500. The number of hydrogen-bond donors (Lipinski definition) is 0. The van der Waals surface area contributed by atoms with Crippen LogP contribution >= 0.6 is 24.0 Å². The van der Waals surface area contributed by atoms with Crippen LogP contribution in [0.1, 0.15) is 43.4 Å². The van der Waals surface area contributed by atoms with E-state index in [4.69, 9.17) is 17.0 Å². The quantitative estimate of drug-likeness (QED) is 0.365. The van der Waals surface area contributed by atoms with E-state index in [1.165, 1.54) is 16.7 Å². The summed E-state index contributed by atoms with van der Waals surface area (Å²) in [5.74, 6) is -0.159. The third-order valence-corrected chi connectivity index (χ3v) is 7.25. The molecule has 10 heteroatoms. The van der Waals surface area contributed by atoms with Gasteiger partial charge in [-0.05, 0) is 45.3 Å². The van der Waals surface area contributed by atoms with E-state index in [0.29, 0.717) is 58.8 Å². The molecule has 0 spiro atoms. The molecule has 0 saturated carbocycles. The number of aromatic nitrogens is 1. The van der Waals surface area contributed by atoms with Crippen molar-refractivity contribution in [2.75, 3.05) is 31.6 Å². The molecule has 0 aliphatic carbocycles. The number of likely N-dealkylation sites (N-methyl/N-ethyl adjacent to an activating group) is 1. The lowest BCUT2D eigenvalue weighted by Gasteiger charge is -2.36. The first kappa shape index (κ1) is 24.0. The Balaban J connectivity index is 2.20. The Morgan fingerprint density at radius 1 is 1.38 bits per heavy atom. The highest BCUT2D eigenvalue weighted by Crippen LogP contribution is 2.36. The zero-order chi connectivity index (χ0) is 23.6. The minimum absolute atomic E-state index is 0.0489. The summed E-state index contributed by atoms with van der Waals surface area (Å²) in [6.07, 6.45) is 3.19. The van der Waals surface area contributed by atoms with Crippen molar-refractivity contribution in [1.82, 2.24) is 9.47 Å². The molecule has 2 fully saturated rings. The average molecular weight is 475 g/mol. The number of amides is 1. The molecule has 1 aromatic rings. The second kappa shape index (κ2) is 9.88. The van der Waals surface area contributed by atoms with Gasteiger partial charge in [0.05, 0.1) is 17.4 Å². The van der Waals surface area contributed by atoms with Crippen molar-refractivity contribution >= 4 is 52.1 Å². The SMILES string of the molecule is CCOC(=O)C1CCCN(c2c(/C=C3\SC(=S)N(C)C3=O)c(C)c(C#N)c(=O)n2CC)C1. The van der Waals surface area contributed by atoms with Crippen molar-refractivity contribution in [3.63, 3.8) is 0 Å². The van der Waals surface area contributed by atoms with Crippen LogP contribution in [-0.4, -0.2) is 52.4 Å². The molecule has 32 heavy (non-hydrogen) atoms. The number of thioether (sulfide) groups is 1. The first-order valence-electron chi connectivity index (χ1n) is 10.6. The van der Waals surface area contributed by atoms with Crippen LogP contribution in [-0.2, 0) is 20.9 Å². The van der Waals surface area contributed by atoms with Crippen molar-refractivity contribution < 1.29 is 14.3 Å². The van der Waals surface area contributed by atoms with Crippen LogP contribution in [0.3, 0.4) is 0 Å². The lowest BCUT2D eigenvalue weighted by atomic mass is 9.96. The van der Waals surface area contributed by atoms with Gasteiger partial charge < -0.3 is 9.64 Å². The Morgan fingerprint density at radius 2 is 2.09 bits per heavy atom. The second-order valence-corrected chi connectivity index (χ2v) is 9.35. The molecule has 2 aliphatic heterocycles. The highest BCUT2D eigenvalue weighted by atomic mass is 32.2. The highest BCUT2D eigenvalue weighted by molar-refractivity contribution is 8.26. The van der Waals surface area contributed by atoms with Gasteiger partial charge in [-0.1, -0.05) is 24.0 Å². The summed E-state index contributed by atoms with van der Waals surface area (Å²) < 4.78 is 7.23. The molecular formula is C22H26N4O4S2. The van der Waals surface area contributed by atoms with Gasteiger partial charge in [-0.2, -0.15) is 5.26 Å². The number of ether oxygens (including phenoxy) is 1. The molecule has 0 bridgehead atoms. The molecule has 0 aromatic carbocycles. The number of esters is 1. The summed E-state index contributed by atoms with van der Waals surface area (Å²) in [4.78, 5) is 42.0. The molecule has 8 nitrogen and oxygen atoms in total. The Kier molecular flexibility index (Phi) is 7.41. The van der Waals surface area contributed by atoms with Crippen LogP contribution in [0.4, 0.5) is 5.82 Å². The first-order chi connectivity index (χ1) is 15.2. The number of nitrogens with zero attached hydrogens (tertiary/aromatic N) is 4. The Morgan fingerprint density at radius 3 is 2.66 bits per heavy atom. The molecule has 2 saturated heterocycles. The Bertz CT molecular complexity index is 1100. The normalized spacial score (nSPS) is 20.1. The van der Waals surface area contributed by atoms with Gasteiger partial charge in [-0.25, -0.2) is 0 Å². The minimum Gasteiger partial charge on any atom is -0.466 e. The van der Waals surface area contributed by atoms with E-state index in [9.17, 15) is 19.6 Å².